The summed E-state index contributed by atoms with van der Waals surface area (Å²) in [5.41, 5.74) is -1.32. The average molecular weight is 569 g/mol. The minimum absolute atomic E-state index is 0.00238. The fraction of sp³-hybridized carbons (Fsp3) is 0.462. The number of rotatable bonds is 7. The van der Waals surface area contributed by atoms with E-state index in [0.717, 1.165) is 18.2 Å². The van der Waals surface area contributed by atoms with Crippen molar-refractivity contribution in [1.29, 1.82) is 0 Å². The van der Waals surface area contributed by atoms with E-state index in [1.54, 1.807) is 0 Å². The Morgan fingerprint density at radius 2 is 1.68 bits per heavy atom. The maximum atomic E-state index is 13.6. The van der Waals surface area contributed by atoms with Crippen molar-refractivity contribution >= 4 is 38.9 Å². The molecule has 2 unspecified atom stereocenters. The molecule has 0 heterocycles. The van der Waals surface area contributed by atoms with Crippen LogP contribution in [0.15, 0.2) is 41.3 Å². The number of sulfone groups is 1. The highest BCUT2D eigenvalue weighted by Gasteiger charge is 2.60. The quantitative estimate of drug-likeness (QED) is 0.405. The van der Waals surface area contributed by atoms with E-state index >= 15 is 0 Å². The van der Waals surface area contributed by atoms with Crippen LogP contribution in [0.3, 0.4) is 0 Å². The van der Waals surface area contributed by atoms with E-state index in [-0.39, 0.29) is 64.2 Å². The van der Waals surface area contributed by atoms with Gasteiger partial charge in [-0.2, -0.15) is 0 Å². The molecule has 0 spiro atoms. The van der Waals surface area contributed by atoms with Crippen LogP contribution in [0, 0.1) is 23.5 Å². The topological polar surface area (TPSA) is 133 Å². The number of anilines is 1. The number of hydrogen-bond acceptors (Lipinski definition) is 6. The van der Waals surface area contributed by atoms with Gasteiger partial charge >= 0.3 is 0 Å². The van der Waals surface area contributed by atoms with E-state index < -0.39 is 44.3 Å². The number of carbonyl (C=O) groups is 2. The summed E-state index contributed by atoms with van der Waals surface area (Å²) in [7, 11) is -4.00. The number of nitrogens with one attached hydrogen (secondary N) is 2. The van der Waals surface area contributed by atoms with Crippen molar-refractivity contribution in [2.24, 2.45) is 11.8 Å². The van der Waals surface area contributed by atoms with Crippen molar-refractivity contribution in [3.63, 3.8) is 0 Å². The Labute approximate surface area is 223 Å². The molecule has 4 fully saturated rings. The summed E-state index contributed by atoms with van der Waals surface area (Å²) in [6, 6.07) is 6.51. The summed E-state index contributed by atoms with van der Waals surface area (Å²) in [6.07, 6.45) is 1.33. The van der Waals surface area contributed by atoms with Crippen LogP contribution in [0.5, 0.6) is 0 Å². The molecule has 204 valence electrons. The molecule has 0 aliphatic heterocycles. The molecule has 2 aromatic carbocycles. The average Bonchev–Trinajstić information content (AvgIpc) is 2.85. The monoisotopic (exact) mass is 568 g/mol. The number of hydrogen-bond donors (Lipinski definition) is 4. The lowest BCUT2D eigenvalue weighted by Gasteiger charge is -2.58. The third kappa shape index (κ3) is 4.92. The first-order chi connectivity index (χ1) is 17.9. The smallest absolute Gasteiger partial charge is 0.255 e. The second-order valence-electron chi connectivity index (χ2n) is 10.6. The fourth-order valence-corrected chi connectivity index (χ4v) is 8.26. The molecule has 4 saturated carbocycles. The van der Waals surface area contributed by atoms with E-state index in [1.165, 1.54) is 18.2 Å². The maximum absolute atomic E-state index is 13.6. The lowest BCUT2D eigenvalue weighted by molar-refractivity contribution is -0.184. The van der Waals surface area contributed by atoms with Crippen LogP contribution in [0.25, 0.3) is 0 Å². The molecule has 2 bridgehead atoms. The van der Waals surface area contributed by atoms with Gasteiger partial charge in [-0.1, -0.05) is 11.6 Å². The van der Waals surface area contributed by atoms with Crippen LogP contribution in [0.1, 0.15) is 48.9 Å². The third-order valence-electron chi connectivity index (χ3n) is 8.12. The Bertz CT molecular complexity index is 1390. The first kappa shape index (κ1) is 27.0. The number of benzene rings is 2. The first-order valence-electron chi connectivity index (χ1n) is 12.4. The van der Waals surface area contributed by atoms with E-state index in [0.29, 0.717) is 19.3 Å². The van der Waals surface area contributed by atoms with Crippen molar-refractivity contribution in [3.8, 4) is 0 Å². The van der Waals surface area contributed by atoms with Crippen LogP contribution in [0.4, 0.5) is 14.5 Å². The molecular weight excluding hydrogens is 542 g/mol. The summed E-state index contributed by atoms with van der Waals surface area (Å²) >= 11 is 6.23. The molecule has 2 aromatic rings. The number of aliphatic hydroxyl groups is 2. The molecule has 2 atom stereocenters. The Kier molecular flexibility index (Phi) is 7.00. The van der Waals surface area contributed by atoms with Crippen LogP contribution >= 0.6 is 11.6 Å². The first-order valence-corrected chi connectivity index (χ1v) is 14.3. The highest BCUT2D eigenvalue weighted by atomic mass is 35.5. The van der Waals surface area contributed by atoms with Crippen molar-refractivity contribution in [3.05, 3.63) is 58.6 Å². The molecule has 0 radical (unpaired) electrons. The SMILES string of the molecule is O=C(CC1(O)C2CC1CC(S(=O)(=O)c1cc(C(=O)Nc3ccc(F)c(F)c3)ccc1Cl)C2)NC1CC(O)C1. The zero-order valence-electron chi connectivity index (χ0n) is 20.2. The number of fused-ring (bicyclic) bond motifs is 2. The van der Waals surface area contributed by atoms with Crippen LogP contribution in [0.2, 0.25) is 5.02 Å². The van der Waals surface area contributed by atoms with Gasteiger partial charge in [0.05, 0.1) is 33.3 Å². The van der Waals surface area contributed by atoms with Crippen molar-refractivity contribution in [2.75, 3.05) is 5.32 Å². The molecule has 4 aliphatic rings. The number of halogens is 3. The van der Waals surface area contributed by atoms with Gasteiger partial charge in [-0.3, -0.25) is 9.59 Å². The molecule has 6 rings (SSSR count). The second-order valence-corrected chi connectivity index (χ2v) is 13.2. The molecule has 38 heavy (non-hydrogen) atoms. The standard InChI is InChI=1S/C26H27ClF2N2O6S/c27-20-3-1-13(25(34)31-16-2-4-21(28)22(29)11-16)5-23(20)38(36,37)19-7-14-6-15(8-19)26(14,35)12-24(33)30-17-9-18(32)10-17/h1-5,11,14-15,17-19,32,35H,6-10,12H2,(H,30,33)(H,31,34). The summed E-state index contributed by atoms with van der Waals surface area (Å²) < 4.78 is 53.8. The molecule has 4 aliphatic carbocycles. The molecule has 0 aromatic heterocycles. The number of carbonyl (C=O) groups excluding carboxylic acids is 2. The molecular formula is C26H27ClF2N2O6S. The number of amides is 2. The van der Waals surface area contributed by atoms with E-state index in [2.05, 4.69) is 10.6 Å². The summed E-state index contributed by atoms with van der Waals surface area (Å²) in [5, 5.41) is 24.9. The van der Waals surface area contributed by atoms with Gasteiger partial charge in [0.2, 0.25) is 5.91 Å². The van der Waals surface area contributed by atoms with Gasteiger partial charge in [-0.25, -0.2) is 17.2 Å². The van der Waals surface area contributed by atoms with Gasteiger partial charge < -0.3 is 20.8 Å². The fourth-order valence-electron chi connectivity index (χ4n) is 5.86. The van der Waals surface area contributed by atoms with Gasteiger partial charge in [-0.15, -0.1) is 0 Å². The van der Waals surface area contributed by atoms with Gasteiger partial charge in [0, 0.05) is 23.4 Å². The summed E-state index contributed by atoms with van der Waals surface area (Å²) in [5.74, 6) is -4.01. The maximum Gasteiger partial charge on any atom is 0.255 e. The predicted octanol–water partition coefficient (Wildman–Crippen LogP) is 3.20. The normalized spacial score (nSPS) is 30.1. The highest BCUT2D eigenvalue weighted by Crippen LogP contribution is 2.57. The third-order valence-corrected chi connectivity index (χ3v) is 10.8. The van der Waals surface area contributed by atoms with E-state index in [9.17, 15) is 37.0 Å². The molecule has 8 nitrogen and oxygen atoms in total. The second kappa shape index (κ2) is 9.86. The number of aliphatic hydroxyl groups excluding tert-OH is 1. The minimum Gasteiger partial charge on any atom is -0.393 e. The van der Waals surface area contributed by atoms with Crippen LogP contribution in [-0.4, -0.2) is 53.4 Å². The Hall–Kier alpha value is -2.60. The highest BCUT2D eigenvalue weighted by molar-refractivity contribution is 7.92. The van der Waals surface area contributed by atoms with Gasteiger partial charge in [0.25, 0.3) is 5.91 Å². The Morgan fingerprint density at radius 3 is 2.32 bits per heavy atom. The van der Waals surface area contributed by atoms with Crippen molar-refractivity contribution in [1.82, 2.24) is 5.32 Å². The van der Waals surface area contributed by atoms with Gasteiger partial charge in [0.1, 0.15) is 0 Å². The molecule has 2 amide bonds. The van der Waals surface area contributed by atoms with Gasteiger partial charge in [0.15, 0.2) is 21.5 Å². The van der Waals surface area contributed by atoms with E-state index in [1.807, 2.05) is 0 Å². The summed E-state index contributed by atoms with van der Waals surface area (Å²) in [4.78, 5) is 24.9. The minimum atomic E-state index is -4.00. The Balaban J connectivity index is 1.27. The van der Waals surface area contributed by atoms with Crippen molar-refractivity contribution in [2.45, 2.75) is 66.4 Å². The molecule has 4 N–H and O–H groups in total. The lowest BCUT2D eigenvalue weighted by atomic mass is 9.52. The Morgan fingerprint density at radius 1 is 1.00 bits per heavy atom. The van der Waals surface area contributed by atoms with Crippen molar-refractivity contribution < 1.29 is 37.0 Å². The largest absolute Gasteiger partial charge is 0.393 e. The van der Waals surface area contributed by atoms with E-state index in [4.69, 9.17) is 11.6 Å². The predicted molar refractivity (Wildman–Crippen MR) is 134 cm³/mol. The lowest BCUT2D eigenvalue weighted by Crippen LogP contribution is -2.63. The zero-order chi connectivity index (χ0) is 27.4. The molecule has 0 saturated heterocycles. The van der Waals surface area contributed by atoms with Gasteiger partial charge in [-0.05, 0) is 74.3 Å². The van der Waals surface area contributed by atoms with Crippen LogP contribution < -0.4 is 10.6 Å². The zero-order valence-corrected chi connectivity index (χ0v) is 21.7. The van der Waals surface area contributed by atoms with Crippen LogP contribution in [-0.2, 0) is 14.6 Å². The molecule has 12 heteroatoms. The summed E-state index contributed by atoms with van der Waals surface area (Å²) in [6.45, 7) is 0.